The van der Waals surface area contributed by atoms with Crippen molar-refractivity contribution in [3.63, 3.8) is 0 Å². The van der Waals surface area contributed by atoms with E-state index in [9.17, 15) is 22.4 Å². The topological polar surface area (TPSA) is 86.7 Å². The second kappa shape index (κ2) is 8.30. The van der Waals surface area contributed by atoms with Crippen LogP contribution in [0, 0.1) is 11.7 Å². The number of sulfone groups is 1. The van der Waals surface area contributed by atoms with Crippen molar-refractivity contribution in [1.82, 2.24) is 0 Å². The Morgan fingerprint density at radius 2 is 1.44 bits per heavy atom. The maximum Gasteiger partial charge on any atom is 0.320 e. The van der Waals surface area contributed by atoms with Crippen LogP contribution in [0.15, 0.2) is 58.3 Å². The monoisotopic (exact) mass is 394 g/mol. The standard InChI is InChI=1S/C19H19FO6S/c1-12(17(18(21)25-2)19(22)26-3)15-6-4-5-7-16(15)27(23,24)14-10-8-13(20)9-11-14/h4-12,17H,1-3H3. The molecule has 144 valence electrons. The first-order valence-corrected chi connectivity index (χ1v) is 9.47. The van der Waals surface area contributed by atoms with Crippen LogP contribution in [-0.2, 0) is 28.9 Å². The first-order valence-electron chi connectivity index (χ1n) is 7.99. The van der Waals surface area contributed by atoms with Crippen LogP contribution in [-0.4, -0.2) is 34.6 Å². The van der Waals surface area contributed by atoms with Gasteiger partial charge in [0.15, 0.2) is 5.92 Å². The van der Waals surface area contributed by atoms with Crippen LogP contribution in [0.5, 0.6) is 0 Å². The number of carbonyl (C=O) groups is 2. The molecule has 1 unspecified atom stereocenters. The summed E-state index contributed by atoms with van der Waals surface area (Å²) in [6.07, 6.45) is 0. The molecule has 0 saturated heterocycles. The zero-order chi connectivity index (χ0) is 20.2. The van der Waals surface area contributed by atoms with Crippen molar-refractivity contribution in [2.45, 2.75) is 22.6 Å². The Morgan fingerprint density at radius 3 is 1.96 bits per heavy atom. The van der Waals surface area contributed by atoms with E-state index in [1.54, 1.807) is 6.07 Å². The van der Waals surface area contributed by atoms with E-state index in [1.165, 1.54) is 25.1 Å². The van der Waals surface area contributed by atoms with E-state index in [-0.39, 0.29) is 15.4 Å². The Kier molecular flexibility index (Phi) is 6.32. The molecule has 6 nitrogen and oxygen atoms in total. The quantitative estimate of drug-likeness (QED) is 0.425. The van der Waals surface area contributed by atoms with Crippen molar-refractivity contribution >= 4 is 21.8 Å². The van der Waals surface area contributed by atoms with Gasteiger partial charge in [0.1, 0.15) is 5.82 Å². The molecule has 0 radical (unpaired) electrons. The number of ether oxygens (including phenoxy) is 2. The van der Waals surface area contributed by atoms with E-state index in [0.717, 1.165) is 38.5 Å². The molecule has 2 rings (SSSR count). The number of hydrogen-bond acceptors (Lipinski definition) is 6. The molecule has 2 aromatic rings. The molecule has 0 aliphatic carbocycles. The maximum atomic E-state index is 13.1. The minimum absolute atomic E-state index is 0.0816. The SMILES string of the molecule is COC(=O)C(C(=O)OC)C(C)c1ccccc1S(=O)(=O)c1ccc(F)cc1. The van der Waals surface area contributed by atoms with E-state index in [0.29, 0.717) is 0 Å². The third kappa shape index (κ3) is 4.16. The Bertz CT molecular complexity index is 921. The lowest BCUT2D eigenvalue weighted by atomic mass is 9.87. The molecule has 0 amide bonds. The van der Waals surface area contributed by atoms with E-state index in [1.807, 2.05) is 0 Å². The highest BCUT2D eigenvalue weighted by molar-refractivity contribution is 7.91. The summed E-state index contributed by atoms with van der Waals surface area (Å²) in [6.45, 7) is 1.54. The number of rotatable bonds is 6. The second-order valence-electron chi connectivity index (χ2n) is 5.81. The summed E-state index contributed by atoms with van der Waals surface area (Å²) in [5.74, 6) is -4.39. The second-order valence-corrected chi connectivity index (χ2v) is 7.73. The lowest BCUT2D eigenvalue weighted by Gasteiger charge is -2.22. The van der Waals surface area contributed by atoms with Crippen molar-refractivity contribution in [2.75, 3.05) is 14.2 Å². The molecule has 0 spiro atoms. The number of halogens is 1. The van der Waals surface area contributed by atoms with Gasteiger partial charge in [-0.25, -0.2) is 12.8 Å². The fourth-order valence-electron chi connectivity index (χ4n) is 2.78. The van der Waals surface area contributed by atoms with Crippen LogP contribution in [0.4, 0.5) is 4.39 Å². The lowest BCUT2D eigenvalue weighted by Crippen LogP contribution is -2.31. The number of methoxy groups -OCH3 is 2. The maximum absolute atomic E-state index is 13.1. The van der Waals surface area contributed by atoms with Crippen LogP contribution in [0.25, 0.3) is 0 Å². The molecule has 0 aliphatic rings. The Balaban J connectivity index is 2.58. The molecular formula is C19H19FO6S. The van der Waals surface area contributed by atoms with Crippen LogP contribution < -0.4 is 0 Å². The summed E-state index contributed by atoms with van der Waals surface area (Å²) >= 11 is 0. The summed E-state index contributed by atoms with van der Waals surface area (Å²) in [5.41, 5.74) is 0.252. The van der Waals surface area contributed by atoms with Gasteiger partial charge in [0, 0.05) is 5.92 Å². The highest BCUT2D eigenvalue weighted by Crippen LogP contribution is 2.34. The number of benzene rings is 2. The number of carbonyl (C=O) groups excluding carboxylic acids is 2. The molecule has 8 heteroatoms. The molecule has 0 fully saturated rings. The van der Waals surface area contributed by atoms with Crippen LogP contribution in [0.2, 0.25) is 0 Å². The van der Waals surface area contributed by atoms with E-state index in [4.69, 9.17) is 0 Å². The first-order chi connectivity index (χ1) is 12.7. The van der Waals surface area contributed by atoms with Crippen LogP contribution in [0.1, 0.15) is 18.4 Å². The Hall–Kier alpha value is -2.74. The van der Waals surface area contributed by atoms with Crippen molar-refractivity contribution in [3.05, 3.63) is 59.9 Å². The molecule has 0 aliphatic heterocycles. The minimum atomic E-state index is -4.00. The van der Waals surface area contributed by atoms with E-state index < -0.39 is 39.4 Å². The van der Waals surface area contributed by atoms with Crippen LogP contribution >= 0.6 is 0 Å². The molecule has 0 aromatic heterocycles. The zero-order valence-electron chi connectivity index (χ0n) is 15.0. The molecule has 0 bridgehead atoms. The highest BCUT2D eigenvalue weighted by atomic mass is 32.2. The predicted molar refractivity (Wildman–Crippen MR) is 94.2 cm³/mol. The van der Waals surface area contributed by atoms with Gasteiger partial charge in [0.25, 0.3) is 0 Å². The van der Waals surface area contributed by atoms with Crippen LogP contribution in [0.3, 0.4) is 0 Å². The average molecular weight is 394 g/mol. The summed E-state index contributed by atoms with van der Waals surface area (Å²) < 4.78 is 48.5. The van der Waals surface area contributed by atoms with Gasteiger partial charge in [-0.15, -0.1) is 0 Å². The molecule has 0 saturated carbocycles. The molecule has 0 N–H and O–H groups in total. The minimum Gasteiger partial charge on any atom is -0.468 e. The fraction of sp³-hybridized carbons (Fsp3) is 0.263. The van der Waals surface area contributed by atoms with Gasteiger partial charge < -0.3 is 9.47 Å². The fourth-order valence-corrected chi connectivity index (χ4v) is 4.35. The Morgan fingerprint density at radius 1 is 0.926 bits per heavy atom. The van der Waals surface area contributed by atoms with Gasteiger partial charge >= 0.3 is 11.9 Å². The van der Waals surface area contributed by atoms with Crippen molar-refractivity contribution < 1.29 is 31.9 Å². The molecule has 2 aromatic carbocycles. The van der Waals surface area contributed by atoms with Gasteiger partial charge in [-0.3, -0.25) is 9.59 Å². The molecule has 27 heavy (non-hydrogen) atoms. The zero-order valence-corrected chi connectivity index (χ0v) is 15.8. The smallest absolute Gasteiger partial charge is 0.320 e. The van der Waals surface area contributed by atoms with Gasteiger partial charge in [-0.2, -0.15) is 0 Å². The van der Waals surface area contributed by atoms with Crippen molar-refractivity contribution in [1.29, 1.82) is 0 Å². The summed E-state index contributed by atoms with van der Waals surface area (Å²) in [4.78, 5) is 24.0. The van der Waals surface area contributed by atoms with E-state index >= 15 is 0 Å². The largest absolute Gasteiger partial charge is 0.468 e. The van der Waals surface area contributed by atoms with Gasteiger partial charge in [0.05, 0.1) is 24.0 Å². The van der Waals surface area contributed by atoms with Crippen molar-refractivity contribution in [2.24, 2.45) is 5.92 Å². The normalized spacial score (nSPS) is 12.5. The summed E-state index contributed by atoms with van der Waals surface area (Å²) in [5, 5.41) is 0. The molecular weight excluding hydrogens is 375 g/mol. The molecule has 0 heterocycles. The third-order valence-electron chi connectivity index (χ3n) is 4.23. The van der Waals surface area contributed by atoms with Gasteiger partial charge in [-0.1, -0.05) is 25.1 Å². The van der Waals surface area contributed by atoms with Gasteiger partial charge in [0.2, 0.25) is 9.84 Å². The number of hydrogen-bond donors (Lipinski definition) is 0. The lowest BCUT2D eigenvalue weighted by molar-refractivity contribution is -0.159. The molecule has 1 atom stereocenters. The summed E-state index contributed by atoms with van der Waals surface area (Å²) in [7, 11) is -1.74. The third-order valence-corrected chi connectivity index (χ3v) is 6.08. The average Bonchev–Trinajstić information content (AvgIpc) is 2.67. The summed E-state index contributed by atoms with van der Waals surface area (Å²) in [6, 6.07) is 10.4. The number of esters is 2. The van der Waals surface area contributed by atoms with Gasteiger partial charge in [-0.05, 0) is 35.9 Å². The highest BCUT2D eigenvalue weighted by Gasteiger charge is 2.37. The first kappa shape index (κ1) is 20.6. The Labute approximate surface area is 156 Å². The van der Waals surface area contributed by atoms with Crippen molar-refractivity contribution in [3.8, 4) is 0 Å². The van der Waals surface area contributed by atoms with E-state index in [2.05, 4.69) is 9.47 Å². The predicted octanol–water partition coefficient (Wildman–Crippen LogP) is 2.72.